The van der Waals surface area contributed by atoms with E-state index in [0.29, 0.717) is 18.5 Å². The van der Waals surface area contributed by atoms with Gasteiger partial charge in [-0.1, -0.05) is 18.2 Å². The van der Waals surface area contributed by atoms with E-state index in [1.165, 1.54) is 5.56 Å². The smallest absolute Gasteiger partial charge is 0.220 e. The monoisotopic (exact) mass is 260 g/mol. The van der Waals surface area contributed by atoms with Gasteiger partial charge in [-0.2, -0.15) is 0 Å². The summed E-state index contributed by atoms with van der Waals surface area (Å²) < 4.78 is 5.78. The Bertz CT molecular complexity index is 451. The van der Waals surface area contributed by atoms with Gasteiger partial charge in [-0.3, -0.25) is 4.79 Å². The molecular formula is C15H20N2O2. The van der Waals surface area contributed by atoms with E-state index in [0.717, 1.165) is 38.2 Å². The minimum atomic E-state index is 0.169. The van der Waals surface area contributed by atoms with Crippen molar-refractivity contribution in [3.05, 3.63) is 29.8 Å². The van der Waals surface area contributed by atoms with Crippen molar-refractivity contribution in [3.8, 4) is 5.75 Å². The average molecular weight is 260 g/mol. The Kier molecular flexibility index (Phi) is 3.69. The number of benzene rings is 1. The molecule has 1 aromatic rings. The minimum absolute atomic E-state index is 0.169. The van der Waals surface area contributed by atoms with Crippen molar-refractivity contribution in [1.29, 1.82) is 0 Å². The molecule has 3 rings (SSSR count). The third-order valence-corrected chi connectivity index (χ3v) is 3.89. The lowest BCUT2D eigenvalue weighted by molar-refractivity contribution is -0.122. The molecule has 2 aliphatic heterocycles. The van der Waals surface area contributed by atoms with Crippen molar-refractivity contribution < 1.29 is 9.53 Å². The van der Waals surface area contributed by atoms with Crippen molar-refractivity contribution in [2.75, 3.05) is 13.2 Å². The predicted octanol–water partition coefficient (Wildman–Crippen LogP) is 1.77. The summed E-state index contributed by atoms with van der Waals surface area (Å²) in [4.78, 5) is 11.2. The molecule has 2 atom stereocenters. The number of carbonyl (C=O) groups is 1. The van der Waals surface area contributed by atoms with E-state index in [1.807, 2.05) is 12.1 Å². The first-order chi connectivity index (χ1) is 9.33. The quantitative estimate of drug-likeness (QED) is 0.852. The fraction of sp³-hybridized carbons (Fsp3) is 0.533. The number of hydrogen-bond acceptors (Lipinski definition) is 3. The molecule has 102 valence electrons. The molecular weight excluding hydrogens is 240 g/mol. The van der Waals surface area contributed by atoms with Crippen molar-refractivity contribution in [2.24, 2.45) is 0 Å². The first-order valence-electron chi connectivity index (χ1n) is 7.07. The van der Waals surface area contributed by atoms with E-state index in [1.54, 1.807) is 0 Å². The highest BCUT2D eigenvalue weighted by atomic mass is 16.5. The first kappa shape index (κ1) is 12.5. The number of piperidine rings is 1. The minimum Gasteiger partial charge on any atom is -0.493 e. The summed E-state index contributed by atoms with van der Waals surface area (Å²) in [6.07, 6.45) is 3.70. The zero-order valence-corrected chi connectivity index (χ0v) is 11.0. The second-order valence-electron chi connectivity index (χ2n) is 5.29. The molecule has 4 heteroatoms. The van der Waals surface area contributed by atoms with Gasteiger partial charge in [-0.25, -0.2) is 0 Å². The van der Waals surface area contributed by atoms with Crippen LogP contribution in [0.25, 0.3) is 0 Å². The normalized spacial score (nSPS) is 26.8. The number of ether oxygens (including phenoxy) is 1. The Morgan fingerprint density at radius 3 is 3.00 bits per heavy atom. The molecule has 0 aliphatic carbocycles. The van der Waals surface area contributed by atoms with Gasteiger partial charge in [-0.05, 0) is 25.3 Å². The largest absolute Gasteiger partial charge is 0.493 e. The summed E-state index contributed by atoms with van der Waals surface area (Å²) in [7, 11) is 0. The summed E-state index contributed by atoms with van der Waals surface area (Å²) in [5.41, 5.74) is 1.25. The van der Waals surface area contributed by atoms with Crippen LogP contribution >= 0.6 is 0 Å². The Morgan fingerprint density at radius 2 is 2.16 bits per heavy atom. The van der Waals surface area contributed by atoms with Gasteiger partial charge in [0.2, 0.25) is 5.91 Å². The molecule has 1 fully saturated rings. The second-order valence-corrected chi connectivity index (χ2v) is 5.29. The SMILES string of the molecule is O=C1CC[C@@H](N[C@H]2CCCOc3ccccc32)CN1. The van der Waals surface area contributed by atoms with Crippen LogP contribution < -0.4 is 15.4 Å². The molecule has 4 nitrogen and oxygen atoms in total. The van der Waals surface area contributed by atoms with Crippen molar-refractivity contribution in [1.82, 2.24) is 10.6 Å². The molecule has 0 aromatic heterocycles. The maximum atomic E-state index is 11.2. The molecule has 1 saturated heterocycles. The van der Waals surface area contributed by atoms with E-state index in [2.05, 4.69) is 22.8 Å². The maximum Gasteiger partial charge on any atom is 0.220 e. The molecule has 19 heavy (non-hydrogen) atoms. The molecule has 0 bridgehead atoms. The molecule has 0 unspecified atom stereocenters. The van der Waals surface area contributed by atoms with Crippen LogP contribution in [0, 0.1) is 0 Å². The molecule has 0 radical (unpaired) electrons. The van der Waals surface area contributed by atoms with E-state index in [-0.39, 0.29) is 5.91 Å². The number of nitrogens with one attached hydrogen (secondary N) is 2. The van der Waals surface area contributed by atoms with Crippen LogP contribution in [-0.2, 0) is 4.79 Å². The third-order valence-electron chi connectivity index (χ3n) is 3.89. The first-order valence-corrected chi connectivity index (χ1v) is 7.07. The van der Waals surface area contributed by atoms with Crippen molar-refractivity contribution >= 4 is 5.91 Å². The van der Waals surface area contributed by atoms with Crippen LogP contribution in [0.3, 0.4) is 0 Å². The van der Waals surface area contributed by atoms with Gasteiger partial charge in [0.05, 0.1) is 6.61 Å². The Morgan fingerprint density at radius 1 is 1.26 bits per heavy atom. The molecule has 1 amide bonds. The highest BCUT2D eigenvalue weighted by Gasteiger charge is 2.24. The van der Waals surface area contributed by atoms with E-state index in [9.17, 15) is 4.79 Å². The molecule has 2 heterocycles. The molecule has 2 N–H and O–H groups in total. The summed E-state index contributed by atoms with van der Waals surface area (Å²) in [5.74, 6) is 1.17. The lowest BCUT2D eigenvalue weighted by Crippen LogP contribution is -2.46. The van der Waals surface area contributed by atoms with Crippen LogP contribution in [0.4, 0.5) is 0 Å². The zero-order chi connectivity index (χ0) is 13.1. The summed E-state index contributed by atoms with van der Waals surface area (Å²) in [5, 5.41) is 6.61. The van der Waals surface area contributed by atoms with Crippen LogP contribution in [0.15, 0.2) is 24.3 Å². The van der Waals surface area contributed by atoms with Gasteiger partial charge in [0.25, 0.3) is 0 Å². The maximum absolute atomic E-state index is 11.2. The number of hydrogen-bond donors (Lipinski definition) is 2. The highest BCUT2D eigenvalue weighted by molar-refractivity contribution is 5.76. The molecule has 2 aliphatic rings. The average Bonchev–Trinajstić information content (AvgIpc) is 2.64. The number of fused-ring (bicyclic) bond motifs is 1. The van der Waals surface area contributed by atoms with Gasteiger partial charge in [-0.15, -0.1) is 0 Å². The lowest BCUT2D eigenvalue weighted by Gasteiger charge is -2.28. The van der Waals surface area contributed by atoms with Crippen LogP contribution in [0.5, 0.6) is 5.75 Å². The van der Waals surface area contributed by atoms with Gasteiger partial charge >= 0.3 is 0 Å². The van der Waals surface area contributed by atoms with Crippen LogP contribution in [0.1, 0.15) is 37.3 Å². The molecule has 0 saturated carbocycles. The lowest BCUT2D eigenvalue weighted by atomic mass is 9.99. The van der Waals surface area contributed by atoms with Crippen LogP contribution in [0.2, 0.25) is 0 Å². The fourth-order valence-electron chi connectivity index (χ4n) is 2.86. The van der Waals surface area contributed by atoms with Crippen molar-refractivity contribution in [2.45, 2.75) is 37.8 Å². The molecule has 0 spiro atoms. The summed E-state index contributed by atoms with van der Waals surface area (Å²) in [6.45, 7) is 1.52. The van der Waals surface area contributed by atoms with Gasteiger partial charge in [0, 0.05) is 30.6 Å². The molecule has 1 aromatic carbocycles. The second kappa shape index (κ2) is 5.61. The van der Waals surface area contributed by atoms with Crippen molar-refractivity contribution in [3.63, 3.8) is 0 Å². The fourth-order valence-corrected chi connectivity index (χ4v) is 2.86. The Hall–Kier alpha value is -1.55. The van der Waals surface area contributed by atoms with Crippen LogP contribution in [-0.4, -0.2) is 25.1 Å². The van der Waals surface area contributed by atoms with Gasteiger partial charge in [0.1, 0.15) is 5.75 Å². The Labute approximate surface area is 113 Å². The predicted molar refractivity (Wildman–Crippen MR) is 73.1 cm³/mol. The van der Waals surface area contributed by atoms with Gasteiger partial charge in [0.15, 0.2) is 0 Å². The topological polar surface area (TPSA) is 50.4 Å². The van der Waals surface area contributed by atoms with E-state index in [4.69, 9.17) is 4.74 Å². The number of para-hydroxylation sites is 1. The number of rotatable bonds is 2. The van der Waals surface area contributed by atoms with Gasteiger partial charge < -0.3 is 15.4 Å². The van der Waals surface area contributed by atoms with E-state index < -0.39 is 0 Å². The standard InChI is InChI=1S/C15H20N2O2/c18-15-8-7-11(10-16-15)17-13-5-3-9-19-14-6-2-1-4-12(13)14/h1-2,4,6,11,13,17H,3,5,7-10H2,(H,16,18)/t11-,13+/m1/s1. The summed E-state index contributed by atoms with van der Waals surface area (Å²) in [6, 6.07) is 8.96. The summed E-state index contributed by atoms with van der Waals surface area (Å²) >= 11 is 0. The zero-order valence-electron chi connectivity index (χ0n) is 11.0. The highest BCUT2D eigenvalue weighted by Crippen LogP contribution is 2.31. The number of amides is 1. The Balaban J connectivity index is 1.72. The van der Waals surface area contributed by atoms with E-state index >= 15 is 0 Å². The number of carbonyl (C=O) groups excluding carboxylic acids is 1. The third kappa shape index (κ3) is 2.89.